The van der Waals surface area contributed by atoms with Gasteiger partial charge in [-0.2, -0.15) is 5.10 Å². The highest BCUT2D eigenvalue weighted by Crippen LogP contribution is 2.29. The summed E-state index contributed by atoms with van der Waals surface area (Å²) in [6.07, 6.45) is 1.91. The monoisotopic (exact) mass is 324 g/mol. The van der Waals surface area contributed by atoms with Crippen molar-refractivity contribution in [3.8, 4) is 5.75 Å². The number of ether oxygens (including phenoxy) is 1. The number of rotatable bonds is 5. The number of aliphatic hydroxyl groups excluding tert-OH is 1. The Kier molecular flexibility index (Phi) is 4.61. The van der Waals surface area contributed by atoms with Gasteiger partial charge in [0.2, 0.25) is 0 Å². The van der Waals surface area contributed by atoms with Crippen LogP contribution in [0.4, 0.5) is 0 Å². The van der Waals surface area contributed by atoms with Crippen molar-refractivity contribution in [3.63, 3.8) is 0 Å². The van der Waals surface area contributed by atoms with E-state index in [9.17, 15) is 5.11 Å². The molecule has 0 radical (unpaired) electrons. The summed E-state index contributed by atoms with van der Waals surface area (Å²) in [4.78, 5) is 0. The summed E-state index contributed by atoms with van der Waals surface area (Å²) in [6, 6.07) is 7.51. The Morgan fingerprint density at radius 1 is 1.47 bits per heavy atom. The summed E-state index contributed by atoms with van der Waals surface area (Å²) in [6.45, 7) is 2.74. The lowest BCUT2D eigenvalue weighted by atomic mass is 10.1. The topological polar surface area (TPSA) is 47.3 Å². The molecule has 0 bridgehead atoms. The number of aliphatic hydroxyl groups is 1. The van der Waals surface area contributed by atoms with Crippen molar-refractivity contribution in [1.82, 2.24) is 9.78 Å². The molecule has 1 aromatic carbocycles. The summed E-state index contributed by atoms with van der Waals surface area (Å²) in [5.74, 6) is 0.775. The molecule has 0 aliphatic carbocycles. The van der Waals surface area contributed by atoms with Crippen LogP contribution in [0.5, 0.6) is 5.75 Å². The number of hydrogen-bond acceptors (Lipinski definition) is 3. The maximum absolute atomic E-state index is 10.4. The molecule has 102 valence electrons. The first-order valence-corrected chi connectivity index (χ1v) is 7.01. The maximum atomic E-state index is 10.4. The third-order valence-electron chi connectivity index (χ3n) is 2.84. The lowest BCUT2D eigenvalue weighted by Gasteiger charge is -2.14. The molecule has 0 saturated heterocycles. The Labute approximate surface area is 121 Å². The average molecular weight is 325 g/mol. The van der Waals surface area contributed by atoms with Crippen molar-refractivity contribution in [1.29, 1.82) is 0 Å². The van der Waals surface area contributed by atoms with Gasteiger partial charge in [0.15, 0.2) is 0 Å². The quantitative estimate of drug-likeness (QED) is 0.919. The van der Waals surface area contributed by atoms with Gasteiger partial charge in [0, 0.05) is 7.05 Å². The molecular weight excluding hydrogens is 308 g/mol. The zero-order valence-corrected chi connectivity index (χ0v) is 12.6. The number of aryl methyl sites for hydroxylation is 1. The van der Waals surface area contributed by atoms with E-state index in [1.165, 1.54) is 0 Å². The molecule has 1 atom stereocenters. The summed E-state index contributed by atoms with van der Waals surface area (Å²) >= 11 is 3.40. The molecule has 4 nitrogen and oxygen atoms in total. The van der Waals surface area contributed by atoms with E-state index in [4.69, 9.17) is 4.74 Å². The van der Waals surface area contributed by atoms with E-state index in [2.05, 4.69) is 28.0 Å². The van der Waals surface area contributed by atoms with Gasteiger partial charge in [0.1, 0.15) is 11.9 Å². The van der Waals surface area contributed by atoms with Gasteiger partial charge < -0.3 is 9.84 Å². The SMILES string of the molecule is CCCOc1cccc(C(O)c2c(Br)cnn2C)c1. The van der Waals surface area contributed by atoms with Gasteiger partial charge in [-0.25, -0.2) is 0 Å². The second kappa shape index (κ2) is 6.21. The van der Waals surface area contributed by atoms with Crippen LogP contribution in [-0.2, 0) is 7.05 Å². The second-order valence-corrected chi connectivity index (χ2v) is 5.18. The van der Waals surface area contributed by atoms with Crippen LogP contribution in [0, 0.1) is 0 Å². The highest BCUT2D eigenvalue weighted by Gasteiger charge is 2.18. The van der Waals surface area contributed by atoms with E-state index in [1.54, 1.807) is 17.9 Å². The molecule has 0 saturated carbocycles. The minimum atomic E-state index is -0.730. The third kappa shape index (κ3) is 3.16. The average Bonchev–Trinajstić information content (AvgIpc) is 2.75. The van der Waals surface area contributed by atoms with Gasteiger partial charge in [-0.1, -0.05) is 19.1 Å². The van der Waals surface area contributed by atoms with Crippen LogP contribution in [0.15, 0.2) is 34.9 Å². The van der Waals surface area contributed by atoms with Crippen molar-refractivity contribution in [3.05, 3.63) is 46.2 Å². The Morgan fingerprint density at radius 3 is 2.89 bits per heavy atom. The lowest BCUT2D eigenvalue weighted by Crippen LogP contribution is -2.07. The fourth-order valence-electron chi connectivity index (χ4n) is 1.88. The van der Waals surface area contributed by atoms with Gasteiger partial charge in [-0.3, -0.25) is 4.68 Å². The molecule has 0 amide bonds. The summed E-state index contributed by atoms with van der Waals surface area (Å²) in [5.41, 5.74) is 1.52. The Hall–Kier alpha value is -1.33. The van der Waals surface area contributed by atoms with Gasteiger partial charge >= 0.3 is 0 Å². The Morgan fingerprint density at radius 2 is 2.26 bits per heavy atom. The van der Waals surface area contributed by atoms with E-state index in [-0.39, 0.29) is 0 Å². The fourth-order valence-corrected chi connectivity index (χ4v) is 2.45. The van der Waals surface area contributed by atoms with Crippen LogP contribution in [0.3, 0.4) is 0 Å². The van der Waals surface area contributed by atoms with Crippen LogP contribution in [0.25, 0.3) is 0 Å². The molecule has 2 rings (SSSR count). The normalized spacial score (nSPS) is 12.4. The first kappa shape index (κ1) is 14.1. The Bertz CT molecular complexity index is 535. The summed E-state index contributed by atoms with van der Waals surface area (Å²) < 4.78 is 8.03. The fraction of sp³-hybridized carbons (Fsp3) is 0.357. The zero-order valence-electron chi connectivity index (χ0n) is 11.0. The van der Waals surface area contributed by atoms with Crippen LogP contribution in [0.1, 0.15) is 30.7 Å². The van der Waals surface area contributed by atoms with Gasteiger partial charge in [-0.05, 0) is 40.0 Å². The van der Waals surface area contributed by atoms with E-state index in [0.29, 0.717) is 6.61 Å². The molecule has 0 aliphatic heterocycles. The standard InChI is InChI=1S/C14H17BrN2O2/c1-3-7-19-11-6-4-5-10(8-11)14(18)13-12(15)9-16-17(13)2/h4-6,8-9,14,18H,3,7H2,1-2H3. The predicted octanol–water partition coefficient (Wildman–Crippen LogP) is 3.05. The zero-order chi connectivity index (χ0) is 13.8. The number of benzene rings is 1. The number of halogens is 1. The molecule has 2 aromatic rings. The van der Waals surface area contributed by atoms with Crippen LogP contribution < -0.4 is 4.74 Å². The van der Waals surface area contributed by atoms with Gasteiger partial charge in [0.25, 0.3) is 0 Å². The number of nitrogens with zero attached hydrogens (tertiary/aromatic N) is 2. The molecule has 0 spiro atoms. The van der Waals surface area contributed by atoms with Gasteiger partial charge in [-0.15, -0.1) is 0 Å². The smallest absolute Gasteiger partial charge is 0.122 e. The molecule has 5 heteroatoms. The lowest BCUT2D eigenvalue weighted by molar-refractivity contribution is 0.208. The summed E-state index contributed by atoms with van der Waals surface area (Å²) in [7, 11) is 1.81. The van der Waals surface area contributed by atoms with E-state index >= 15 is 0 Å². The molecule has 1 unspecified atom stereocenters. The van der Waals surface area contributed by atoms with Gasteiger partial charge in [0.05, 0.1) is 23.0 Å². The minimum absolute atomic E-state index is 0.676. The van der Waals surface area contributed by atoms with E-state index in [0.717, 1.165) is 27.9 Å². The Balaban J connectivity index is 2.26. The molecule has 19 heavy (non-hydrogen) atoms. The predicted molar refractivity (Wildman–Crippen MR) is 77.2 cm³/mol. The maximum Gasteiger partial charge on any atom is 0.122 e. The van der Waals surface area contributed by atoms with Crippen molar-refractivity contribution in [2.24, 2.45) is 7.05 Å². The minimum Gasteiger partial charge on any atom is -0.494 e. The number of hydrogen-bond donors (Lipinski definition) is 1. The first-order valence-electron chi connectivity index (χ1n) is 6.21. The summed E-state index contributed by atoms with van der Waals surface area (Å²) in [5, 5.41) is 14.6. The van der Waals surface area contributed by atoms with E-state index < -0.39 is 6.10 Å². The second-order valence-electron chi connectivity index (χ2n) is 4.32. The van der Waals surface area contributed by atoms with Crippen molar-refractivity contribution in [2.75, 3.05) is 6.61 Å². The number of aromatic nitrogens is 2. The van der Waals surface area contributed by atoms with Crippen LogP contribution in [0.2, 0.25) is 0 Å². The molecule has 1 aromatic heterocycles. The van der Waals surface area contributed by atoms with E-state index in [1.807, 2.05) is 24.3 Å². The highest BCUT2D eigenvalue weighted by molar-refractivity contribution is 9.10. The van der Waals surface area contributed by atoms with Crippen LogP contribution >= 0.6 is 15.9 Å². The molecule has 0 aliphatic rings. The highest BCUT2D eigenvalue weighted by atomic mass is 79.9. The molecule has 1 heterocycles. The third-order valence-corrected chi connectivity index (χ3v) is 3.45. The molecular formula is C14H17BrN2O2. The molecule has 0 fully saturated rings. The van der Waals surface area contributed by atoms with Crippen molar-refractivity contribution in [2.45, 2.75) is 19.4 Å². The van der Waals surface area contributed by atoms with Crippen molar-refractivity contribution >= 4 is 15.9 Å². The molecule has 1 N–H and O–H groups in total. The van der Waals surface area contributed by atoms with Crippen molar-refractivity contribution < 1.29 is 9.84 Å². The first-order chi connectivity index (χ1) is 9.13. The largest absolute Gasteiger partial charge is 0.494 e. The van der Waals surface area contributed by atoms with Crippen LogP contribution in [-0.4, -0.2) is 21.5 Å².